The third kappa shape index (κ3) is 7.66. The standard InChI is InChI=1S/C24H29N5O5/c1-24(2,3)34-23(32)25-19(14-17-10-6-4-7-11-17)21(31)22-26-27-28-29(22)15-20(30)33-16-18-12-8-5-9-13-18/h4-13,19,21,31H,14-16H2,1-3H3,(H,25,32)/t19-,21+/m0/s1. The van der Waals surface area contributed by atoms with Gasteiger partial charge in [-0.15, -0.1) is 5.10 Å². The number of aliphatic hydroxyl groups excluding tert-OH is 1. The molecule has 0 fully saturated rings. The van der Waals surface area contributed by atoms with Crippen LogP contribution in [0.1, 0.15) is 43.8 Å². The van der Waals surface area contributed by atoms with Gasteiger partial charge < -0.3 is 19.9 Å². The van der Waals surface area contributed by atoms with Crippen molar-refractivity contribution in [2.24, 2.45) is 0 Å². The minimum atomic E-state index is -1.32. The van der Waals surface area contributed by atoms with Gasteiger partial charge in [-0.1, -0.05) is 60.7 Å². The summed E-state index contributed by atoms with van der Waals surface area (Å²) in [6.45, 7) is 5.05. The molecule has 0 spiro atoms. The summed E-state index contributed by atoms with van der Waals surface area (Å²) >= 11 is 0. The number of ether oxygens (including phenoxy) is 2. The fraction of sp³-hybridized carbons (Fsp3) is 0.375. The molecule has 180 valence electrons. The number of hydrogen-bond acceptors (Lipinski definition) is 8. The van der Waals surface area contributed by atoms with Crippen molar-refractivity contribution in [3.8, 4) is 0 Å². The SMILES string of the molecule is CC(C)(C)OC(=O)N[C@@H](Cc1ccccc1)[C@@H](O)c1nnnn1CC(=O)OCc1ccccc1. The molecular weight excluding hydrogens is 438 g/mol. The monoisotopic (exact) mass is 467 g/mol. The van der Waals surface area contributed by atoms with Gasteiger partial charge in [-0.2, -0.15) is 0 Å². The highest BCUT2D eigenvalue weighted by molar-refractivity contribution is 5.69. The van der Waals surface area contributed by atoms with E-state index in [0.717, 1.165) is 15.8 Å². The van der Waals surface area contributed by atoms with Gasteiger partial charge in [-0.05, 0) is 48.7 Å². The number of carbonyl (C=O) groups is 2. The van der Waals surface area contributed by atoms with Crippen molar-refractivity contribution in [1.29, 1.82) is 0 Å². The van der Waals surface area contributed by atoms with Crippen molar-refractivity contribution < 1.29 is 24.2 Å². The predicted octanol–water partition coefficient (Wildman–Crippen LogP) is 2.59. The second kappa shape index (κ2) is 11.4. The van der Waals surface area contributed by atoms with Crippen molar-refractivity contribution in [3.63, 3.8) is 0 Å². The number of aromatic nitrogens is 4. The van der Waals surface area contributed by atoms with E-state index in [-0.39, 0.29) is 25.4 Å². The second-order valence-corrected chi connectivity index (χ2v) is 8.73. The van der Waals surface area contributed by atoms with Crippen LogP contribution in [0.2, 0.25) is 0 Å². The quantitative estimate of drug-likeness (QED) is 0.460. The first-order valence-electron chi connectivity index (χ1n) is 10.9. The molecule has 0 aliphatic carbocycles. The third-order valence-corrected chi connectivity index (χ3v) is 4.73. The van der Waals surface area contributed by atoms with Gasteiger partial charge in [-0.3, -0.25) is 4.79 Å². The number of hydrogen-bond donors (Lipinski definition) is 2. The van der Waals surface area contributed by atoms with Gasteiger partial charge in [-0.25, -0.2) is 9.48 Å². The van der Waals surface area contributed by atoms with Gasteiger partial charge in [0.15, 0.2) is 5.82 Å². The topological polar surface area (TPSA) is 128 Å². The molecule has 10 nitrogen and oxygen atoms in total. The molecule has 3 rings (SSSR count). The van der Waals surface area contributed by atoms with Gasteiger partial charge in [0.1, 0.15) is 24.9 Å². The summed E-state index contributed by atoms with van der Waals surface area (Å²) in [6.07, 6.45) is -1.72. The maximum atomic E-state index is 12.4. The first kappa shape index (κ1) is 24.8. The summed E-state index contributed by atoms with van der Waals surface area (Å²) in [5.41, 5.74) is 1.01. The molecule has 34 heavy (non-hydrogen) atoms. The van der Waals surface area contributed by atoms with Gasteiger partial charge in [0.05, 0.1) is 6.04 Å². The van der Waals surface area contributed by atoms with E-state index in [1.165, 1.54) is 0 Å². The van der Waals surface area contributed by atoms with Crippen LogP contribution in [0.4, 0.5) is 4.79 Å². The molecule has 2 N–H and O–H groups in total. The van der Waals surface area contributed by atoms with Crippen molar-refractivity contribution in [2.45, 2.75) is 58.1 Å². The van der Waals surface area contributed by atoms with Crippen LogP contribution >= 0.6 is 0 Å². The molecule has 10 heteroatoms. The number of amides is 1. The molecule has 2 aromatic carbocycles. The summed E-state index contributed by atoms with van der Waals surface area (Å²) in [5.74, 6) is -0.544. The van der Waals surface area contributed by atoms with Crippen molar-refractivity contribution in [2.75, 3.05) is 0 Å². The zero-order valence-corrected chi connectivity index (χ0v) is 19.4. The number of rotatable bonds is 9. The number of alkyl carbamates (subject to hydrolysis) is 1. The Bertz CT molecular complexity index is 1070. The van der Waals surface area contributed by atoms with E-state index in [4.69, 9.17) is 9.47 Å². The largest absolute Gasteiger partial charge is 0.459 e. The lowest BCUT2D eigenvalue weighted by Crippen LogP contribution is -2.44. The molecule has 1 amide bonds. The Hall–Kier alpha value is -3.79. The van der Waals surface area contributed by atoms with Gasteiger partial charge in [0.25, 0.3) is 0 Å². The fourth-order valence-corrected chi connectivity index (χ4v) is 3.19. The van der Waals surface area contributed by atoms with Crippen LogP contribution in [-0.4, -0.2) is 49.0 Å². The molecule has 1 heterocycles. The maximum absolute atomic E-state index is 12.4. The Balaban J connectivity index is 1.71. The zero-order chi connectivity index (χ0) is 24.6. The highest BCUT2D eigenvalue weighted by Gasteiger charge is 2.30. The summed E-state index contributed by atoms with van der Waals surface area (Å²) in [6, 6.07) is 17.8. The number of carbonyl (C=O) groups excluding carboxylic acids is 2. The molecule has 0 aliphatic heterocycles. The Morgan fingerprint density at radius 2 is 1.65 bits per heavy atom. The summed E-state index contributed by atoms with van der Waals surface area (Å²) in [7, 11) is 0. The van der Waals surface area contributed by atoms with E-state index in [2.05, 4.69) is 20.8 Å². The molecule has 0 unspecified atom stereocenters. The lowest BCUT2D eigenvalue weighted by atomic mass is 10.0. The van der Waals surface area contributed by atoms with E-state index in [9.17, 15) is 14.7 Å². The molecular formula is C24H29N5O5. The van der Waals surface area contributed by atoms with Crippen LogP contribution in [0.15, 0.2) is 60.7 Å². The van der Waals surface area contributed by atoms with E-state index < -0.39 is 29.8 Å². The van der Waals surface area contributed by atoms with E-state index in [0.29, 0.717) is 0 Å². The number of esters is 1. The maximum Gasteiger partial charge on any atom is 0.407 e. The van der Waals surface area contributed by atoms with Crippen molar-refractivity contribution in [3.05, 3.63) is 77.6 Å². The van der Waals surface area contributed by atoms with Gasteiger partial charge >= 0.3 is 12.1 Å². The van der Waals surface area contributed by atoms with E-state index in [1.807, 2.05) is 60.7 Å². The Morgan fingerprint density at radius 3 is 2.26 bits per heavy atom. The number of nitrogens with one attached hydrogen (secondary N) is 1. The normalized spacial score (nSPS) is 13.1. The molecule has 1 aromatic heterocycles. The van der Waals surface area contributed by atoms with Crippen molar-refractivity contribution >= 4 is 12.1 Å². The minimum Gasteiger partial charge on any atom is -0.459 e. The van der Waals surface area contributed by atoms with Gasteiger partial charge in [0.2, 0.25) is 0 Å². The smallest absolute Gasteiger partial charge is 0.407 e. The van der Waals surface area contributed by atoms with Gasteiger partial charge in [0, 0.05) is 0 Å². The second-order valence-electron chi connectivity index (χ2n) is 8.73. The Kier molecular flexibility index (Phi) is 8.31. The first-order chi connectivity index (χ1) is 16.2. The van der Waals surface area contributed by atoms with Crippen LogP contribution in [-0.2, 0) is 33.8 Å². The summed E-state index contributed by atoms with van der Waals surface area (Å²) < 4.78 is 11.8. The average Bonchev–Trinajstić information content (AvgIpc) is 3.25. The minimum absolute atomic E-state index is 0.0219. The van der Waals surface area contributed by atoms with Crippen LogP contribution in [0, 0.1) is 0 Å². The highest BCUT2D eigenvalue weighted by Crippen LogP contribution is 2.19. The molecule has 0 aliphatic rings. The van der Waals surface area contributed by atoms with Crippen LogP contribution in [0.5, 0.6) is 0 Å². The Labute approximate surface area is 197 Å². The predicted molar refractivity (Wildman–Crippen MR) is 122 cm³/mol. The number of aliphatic hydroxyl groups is 1. The fourth-order valence-electron chi connectivity index (χ4n) is 3.19. The van der Waals surface area contributed by atoms with Crippen LogP contribution in [0.25, 0.3) is 0 Å². The molecule has 0 saturated heterocycles. The van der Waals surface area contributed by atoms with E-state index >= 15 is 0 Å². The molecule has 2 atom stereocenters. The molecule has 0 radical (unpaired) electrons. The summed E-state index contributed by atoms with van der Waals surface area (Å²) in [5, 5.41) is 25.1. The number of benzene rings is 2. The number of nitrogens with zero attached hydrogens (tertiary/aromatic N) is 4. The molecule has 0 saturated carbocycles. The first-order valence-corrected chi connectivity index (χ1v) is 10.9. The van der Waals surface area contributed by atoms with E-state index in [1.54, 1.807) is 20.8 Å². The highest BCUT2D eigenvalue weighted by atomic mass is 16.6. The molecule has 3 aromatic rings. The van der Waals surface area contributed by atoms with Crippen molar-refractivity contribution in [1.82, 2.24) is 25.5 Å². The average molecular weight is 468 g/mol. The lowest BCUT2D eigenvalue weighted by molar-refractivity contribution is -0.146. The third-order valence-electron chi connectivity index (χ3n) is 4.73. The lowest BCUT2D eigenvalue weighted by Gasteiger charge is -2.26. The Morgan fingerprint density at radius 1 is 1.03 bits per heavy atom. The summed E-state index contributed by atoms with van der Waals surface area (Å²) in [4.78, 5) is 24.8. The molecule has 0 bridgehead atoms. The van der Waals surface area contributed by atoms with Crippen LogP contribution < -0.4 is 5.32 Å². The number of tetrazole rings is 1. The van der Waals surface area contributed by atoms with Crippen LogP contribution in [0.3, 0.4) is 0 Å². The zero-order valence-electron chi connectivity index (χ0n) is 19.4.